The summed E-state index contributed by atoms with van der Waals surface area (Å²) in [5.74, 6) is -0.367. The van der Waals surface area contributed by atoms with Crippen LogP contribution < -0.4 is 10.1 Å². The topological polar surface area (TPSA) is 101 Å². The number of rotatable bonds is 6. The first-order chi connectivity index (χ1) is 16.4. The van der Waals surface area contributed by atoms with Crippen LogP contribution in [0.25, 0.3) is 22.2 Å². The number of hydrogen-bond acceptors (Lipinski definition) is 6. The Morgan fingerprint density at radius 2 is 1.79 bits per heavy atom. The molecule has 1 aliphatic rings. The van der Waals surface area contributed by atoms with Crippen LogP contribution in [0.1, 0.15) is 49.4 Å². The van der Waals surface area contributed by atoms with Gasteiger partial charge in [-0.1, -0.05) is 37.5 Å². The molecule has 1 aromatic heterocycles. The van der Waals surface area contributed by atoms with E-state index in [0.717, 1.165) is 30.6 Å². The summed E-state index contributed by atoms with van der Waals surface area (Å²) >= 11 is 0. The van der Waals surface area contributed by atoms with E-state index in [4.69, 9.17) is 14.5 Å². The third-order valence-electron chi connectivity index (χ3n) is 6.26. The van der Waals surface area contributed by atoms with E-state index in [2.05, 4.69) is 11.4 Å². The van der Waals surface area contributed by atoms with Gasteiger partial charge in [-0.05, 0) is 56.2 Å². The standard InChI is InChI=1S/C27H27N3O4/c1-18(25(31)30-27(17-28)14-6-3-7-15-27)34-26(32)22-16-24(19-10-12-20(33-2)13-11-19)29-23-9-5-4-8-21(22)23/h4-5,8-13,16,18H,3,6-7,14-15H2,1-2H3,(H,30,31)/t18-/m0/s1. The molecule has 174 valence electrons. The second-order valence-electron chi connectivity index (χ2n) is 8.59. The lowest BCUT2D eigenvalue weighted by Gasteiger charge is -2.32. The van der Waals surface area contributed by atoms with Crippen LogP contribution in [0.2, 0.25) is 0 Å². The Bertz CT molecular complexity index is 1240. The molecule has 3 aromatic rings. The number of nitrogens with one attached hydrogen (secondary N) is 1. The average molecular weight is 458 g/mol. The molecule has 1 N–H and O–H groups in total. The van der Waals surface area contributed by atoms with Crippen molar-refractivity contribution in [3.05, 3.63) is 60.2 Å². The zero-order valence-corrected chi connectivity index (χ0v) is 19.3. The zero-order valence-electron chi connectivity index (χ0n) is 19.3. The largest absolute Gasteiger partial charge is 0.497 e. The first kappa shape index (κ1) is 23.2. The lowest BCUT2D eigenvalue weighted by Crippen LogP contribution is -2.52. The van der Waals surface area contributed by atoms with E-state index in [1.165, 1.54) is 6.92 Å². The van der Waals surface area contributed by atoms with Crippen molar-refractivity contribution in [1.82, 2.24) is 10.3 Å². The summed E-state index contributed by atoms with van der Waals surface area (Å²) in [5, 5.41) is 13.1. The predicted molar refractivity (Wildman–Crippen MR) is 128 cm³/mol. The van der Waals surface area contributed by atoms with Gasteiger partial charge in [-0.3, -0.25) is 4.79 Å². The fourth-order valence-corrected chi connectivity index (χ4v) is 4.29. The molecule has 1 atom stereocenters. The summed E-state index contributed by atoms with van der Waals surface area (Å²) in [6.07, 6.45) is 3.00. The van der Waals surface area contributed by atoms with Crippen molar-refractivity contribution in [2.45, 2.75) is 50.7 Å². The molecule has 4 rings (SSSR count). The van der Waals surface area contributed by atoms with Crippen molar-refractivity contribution < 1.29 is 19.1 Å². The molecule has 34 heavy (non-hydrogen) atoms. The molecule has 1 amide bonds. The van der Waals surface area contributed by atoms with Crippen LogP contribution in [0, 0.1) is 11.3 Å². The minimum Gasteiger partial charge on any atom is -0.497 e. The second kappa shape index (κ2) is 9.92. The quantitative estimate of drug-likeness (QED) is 0.534. The van der Waals surface area contributed by atoms with E-state index >= 15 is 0 Å². The number of carbonyl (C=O) groups excluding carboxylic acids is 2. The fourth-order valence-electron chi connectivity index (χ4n) is 4.29. The van der Waals surface area contributed by atoms with Crippen molar-refractivity contribution in [1.29, 1.82) is 5.26 Å². The Morgan fingerprint density at radius 1 is 1.09 bits per heavy atom. The van der Waals surface area contributed by atoms with Gasteiger partial charge in [0.1, 0.15) is 11.3 Å². The number of nitrogens with zero attached hydrogens (tertiary/aromatic N) is 2. The van der Waals surface area contributed by atoms with Gasteiger partial charge in [-0.2, -0.15) is 5.26 Å². The Kier molecular flexibility index (Phi) is 6.78. The van der Waals surface area contributed by atoms with Crippen LogP contribution in [0.4, 0.5) is 0 Å². The Labute approximate surface area is 198 Å². The Balaban J connectivity index is 1.58. The van der Waals surface area contributed by atoms with Gasteiger partial charge in [0.25, 0.3) is 5.91 Å². The average Bonchev–Trinajstić information content (AvgIpc) is 2.88. The van der Waals surface area contributed by atoms with Gasteiger partial charge in [0.15, 0.2) is 6.10 Å². The molecule has 7 nitrogen and oxygen atoms in total. The normalized spacial score (nSPS) is 15.7. The minimum atomic E-state index is -1.05. The highest BCUT2D eigenvalue weighted by Crippen LogP contribution is 2.29. The molecule has 0 aliphatic heterocycles. The van der Waals surface area contributed by atoms with Crippen LogP contribution in [-0.2, 0) is 9.53 Å². The molecule has 1 heterocycles. The number of amides is 1. The maximum Gasteiger partial charge on any atom is 0.339 e. The van der Waals surface area contributed by atoms with E-state index < -0.39 is 23.5 Å². The number of pyridine rings is 1. The molecule has 0 unspecified atom stereocenters. The maximum absolute atomic E-state index is 13.2. The van der Waals surface area contributed by atoms with Gasteiger partial charge in [-0.15, -0.1) is 0 Å². The van der Waals surface area contributed by atoms with Crippen LogP contribution >= 0.6 is 0 Å². The van der Waals surface area contributed by atoms with Gasteiger partial charge < -0.3 is 14.8 Å². The third kappa shape index (κ3) is 4.86. The van der Waals surface area contributed by atoms with Gasteiger partial charge in [0, 0.05) is 10.9 Å². The maximum atomic E-state index is 13.2. The monoisotopic (exact) mass is 457 g/mol. The van der Waals surface area contributed by atoms with Gasteiger partial charge >= 0.3 is 5.97 Å². The molecule has 2 aromatic carbocycles. The van der Waals surface area contributed by atoms with Crippen LogP contribution in [0.5, 0.6) is 5.75 Å². The van der Waals surface area contributed by atoms with Gasteiger partial charge in [0.05, 0.1) is 30.0 Å². The number of esters is 1. The minimum absolute atomic E-state index is 0.323. The number of fused-ring (bicyclic) bond motifs is 1. The Morgan fingerprint density at radius 3 is 2.47 bits per heavy atom. The van der Waals surface area contributed by atoms with E-state index in [1.807, 2.05) is 42.5 Å². The van der Waals surface area contributed by atoms with E-state index in [1.54, 1.807) is 19.2 Å². The number of benzene rings is 2. The molecule has 0 spiro atoms. The highest BCUT2D eigenvalue weighted by Gasteiger charge is 2.35. The van der Waals surface area contributed by atoms with E-state index in [-0.39, 0.29) is 0 Å². The van der Waals surface area contributed by atoms with Gasteiger partial charge in [0.2, 0.25) is 0 Å². The van der Waals surface area contributed by atoms with E-state index in [0.29, 0.717) is 35.0 Å². The SMILES string of the molecule is COc1ccc(-c2cc(C(=O)O[C@@H](C)C(=O)NC3(C#N)CCCCC3)c3ccccc3n2)cc1. The fraction of sp³-hybridized carbons (Fsp3) is 0.333. The first-order valence-corrected chi connectivity index (χ1v) is 11.4. The molecule has 0 saturated heterocycles. The molecule has 1 aliphatic carbocycles. The number of para-hydroxylation sites is 1. The number of methoxy groups -OCH3 is 1. The zero-order chi connectivity index (χ0) is 24.1. The number of hydrogen-bond donors (Lipinski definition) is 1. The van der Waals surface area contributed by atoms with Crippen molar-refractivity contribution in [3.63, 3.8) is 0 Å². The second-order valence-corrected chi connectivity index (χ2v) is 8.59. The summed E-state index contributed by atoms with van der Waals surface area (Å²) in [7, 11) is 1.60. The van der Waals surface area contributed by atoms with Crippen molar-refractivity contribution >= 4 is 22.8 Å². The van der Waals surface area contributed by atoms with Gasteiger partial charge in [-0.25, -0.2) is 9.78 Å². The molecule has 0 bridgehead atoms. The summed E-state index contributed by atoms with van der Waals surface area (Å²) in [4.78, 5) is 30.7. The van der Waals surface area contributed by atoms with Crippen molar-refractivity contribution in [2.75, 3.05) is 7.11 Å². The molecule has 1 fully saturated rings. The van der Waals surface area contributed by atoms with Crippen LogP contribution in [0.15, 0.2) is 54.6 Å². The lowest BCUT2D eigenvalue weighted by atomic mass is 9.83. The summed E-state index contributed by atoms with van der Waals surface area (Å²) in [6.45, 7) is 1.52. The first-order valence-electron chi connectivity index (χ1n) is 11.4. The third-order valence-corrected chi connectivity index (χ3v) is 6.26. The summed E-state index contributed by atoms with van der Waals surface area (Å²) in [5.41, 5.74) is 1.51. The lowest BCUT2D eigenvalue weighted by molar-refractivity contribution is -0.130. The molecular formula is C27H27N3O4. The van der Waals surface area contributed by atoms with Crippen molar-refractivity contribution in [2.24, 2.45) is 0 Å². The van der Waals surface area contributed by atoms with Crippen molar-refractivity contribution in [3.8, 4) is 23.1 Å². The molecular weight excluding hydrogens is 430 g/mol. The van der Waals surface area contributed by atoms with Crippen LogP contribution in [-0.4, -0.2) is 35.6 Å². The Hall–Kier alpha value is -3.92. The summed E-state index contributed by atoms with van der Waals surface area (Å²) in [6, 6.07) is 18.6. The number of ether oxygens (including phenoxy) is 2. The number of aromatic nitrogens is 1. The molecule has 7 heteroatoms. The smallest absolute Gasteiger partial charge is 0.339 e. The van der Waals surface area contributed by atoms with E-state index in [9.17, 15) is 14.9 Å². The van der Waals surface area contributed by atoms with Crippen LogP contribution in [0.3, 0.4) is 0 Å². The number of carbonyl (C=O) groups is 2. The highest BCUT2D eigenvalue weighted by atomic mass is 16.5. The predicted octanol–water partition coefficient (Wildman–Crippen LogP) is 4.80. The molecule has 1 saturated carbocycles. The summed E-state index contributed by atoms with van der Waals surface area (Å²) < 4.78 is 10.8. The highest BCUT2D eigenvalue weighted by molar-refractivity contribution is 6.05. The molecule has 0 radical (unpaired) electrons. The number of nitriles is 1.